The molecule has 0 aliphatic carbocycles. The number of aromatic nitrogens is 5. The van der Waals surface area contributed by atoms with Gasteiger partial charge in [-0.3, -0.25) is 9.97 Å². The van der Waals surface area contributed by atoms with Gasteiger partial charge in [0, 0.05) is 68.8 Å². The van der Waals surface area contributed by atoms with Crippen LogP contribution < -0.4 is 0 Å². The molecule has 9 aromatic rings. The Kier molecular flexibility index (Phi) is 5.43. The molecule has 0 saturated carbocycles. The minimum atomic E-state index is 0.944. The van der Waals surface area contributed by atoms with Crippen LogP contribution in [-0.4, -0.2) is 24.1 Å². The van der Waals surface area contributed by atoms with Gasteiger partial charge in [0.1, 0.15) is 0 Å². The number of benzene rings is 4. The molecular formula is C39H25N5. The lowest BCUT2D eigenvalue weighted by atomic mass is 10.1. The fraction of sp³-hybridized carbons (Fsp3) is 0. The van der Waals surface area contributed by atoms with Gasteiger partial charge in [0.2, 0.25) is 0 Å². The SMILES string of the molecule is c1cc(-c2ccc(-n3c4ccccc4c4cnccc43)cc2)nc(-c2ccc(-n3c4ccccc4c4cnccc43)cc2)c1. The van der Waals surface area contributed by atoms with Crippen LogP contribution >= 0.6 is 0 Å². The minimum absolute atomic E-state index is 0.944. The first-order valence-electron chi connectivity index (χ1n) is 14.7. The second-order valence-electron chi connectivity index (χ2n) is 11.0. The summed E-state index contributed by atoms with van der Waals surface area (Å²) in [6.45, 7) is 0. The van der Waals surface area contributed by atoms with Gasteiger partial charge < -0.3 is 9.13 Å². The Bertz CT molecular complexity index is 2210. The fourth-order valence-corrected chi connectivity index (χ4v) is 6.51. The number of pyridine rings is 3. The molecule has 0 atom stereocenters. The maximum Gasteiger partial charge on any atom is 0.0709 e. The van der Waals surface area contributed by atoms with E-state index < -0.39 is 0 Å². The number of hydrogen-bond donors (Lipinski definition) is 0. The standard InChI is InChI=1S/C39H25N5/c1-3-10-36-30(6-1)32-24-40-22-20-38(32)43(36)28-16-12-26(13-17-28)34-8-5-9-35(42-34)27-14-18-29(19-15-27)44-37-11-4-2-7-31(37)33-25-41-23-21-39(33)44/h1-25H. The molecule has 0 spiro atoms. The largest absolute Gasteiger partial charge is 0.309 e. The van der Waals surface area contributed by atoms with Crippen molar-refractivity contribution in [3.8, 4) is 33.9 Å². The van der Waals surface area contributed by atoms with Crippen LogP contribution in [0.4, 0.5) is 0 Å². The Balaban J connectivity index is 1.06. The van der Waals surface area contributed by atoms with E-state index in [0.29, 0.717) is 0 Å². The molecule has 0 radical (unpaired) electrons. The van der Waals surface area contributed by atoms with Crippen LogP contribution in [0.1, 0.15) is 0 Å². The molecule has 5 aromatic heterocycles. The minimum Gasteiger partial charge on any atom is -0.309 e. The molecule has 0 N–H and O–H groups in total. The van der Waals surface area contributed by atoms with Gasteiger partial charge in [-0.15, -0.1) is 0 Å². The molecule has 0 amide bonds. The van der Waals surface area contributed by atoms with Crippen LogP contribution in [-0.2, 0) is 0 Å². The Labute approximate surface area is 253 Å². The van der Waals surface area contributed by atoms with Gasteiger partial charge in [-0.2, -0.15) is 0 Å². The normalized spacial score (nSPS) is 11.6. The molecule has 0 aliphatic heterocycles. The number of rotatable bonds is 4. The van der Waals surface area contributed by atoms with Crippen molar-refractivity contribution >= 4 is 43.6 Å². The van der Waals surface area contributed by atoms with Crippen molar-refractivity contribution in [2.24, 2.45) is 0 Å². The fourth-order valence-electron chi connectivity index (χ4n) is 6.51. The van der Waals surface area contributed by atoms with Crippen LogP contribution in [0.3, 0.4) is 0 Å². The smallest absolute Gasteiger partial charge is 0.0709 e. The second kappa shape index (κ2) is 9.75. The molecule has 0 aliphatic rings. The maximum atomic E-state index is 5.07. The molecule has 206 valence electrons. The zero-order chi connectivity index (χ0) is 29.0. The first kappa shape index (κ1) is 24.5. The van der Waals surface area contributed by atoms with Crippen molar-refractivity contribution in [3.05, 3.63) is 152 Å². The first-order valence-corrected chi connectivity index (χ1v) is 14.7. The third-order valence-electron chi connectivity index (χ3n) is 8.54. The van der Waals surface area contributed by atoms with Gasteiger partial charge in [0.05, 0.1) is 33.5 Å². The Morgan fingerprint density at radius 3 is 1.27 bits per heavy atom. The second-order valence-corrected chi connectivity index (χ2v) is 11.0. The van der Waals surface area contributed by atoms with E-state index in [1.54, 1.807) is 0 Å². The predicted octanol–water partition coefficient (Wildman–Crippen LogP) is 9.40. The van der Waals surface area contributed by atoms with Gasteiger partial charge in [0.25, 0.3) is 0 Å². The Morgan fingerprint density at radius 2 is 0.795 bits per heavy atom. The van der Waals surface area contributed by atoms with E-state index >= 15 is 0 Å². The number of fused-ring (bicyclic) bond motifs is 6. The highest BCUT2D eigenvalue weighted by Crippen LogP contribution is 2.34. The lowest BCUT2D eigenvalue weighted by Crippen LogP contribution is -1.95. The summed E-state index contributed by atoms with van der Waals surface area (Å²) in [7, 11) is 0. The number of nitrogens with zero attached hydrogens (tertiary/aromatic N) is 5. The molecule has 0 bridgehead atoms. The lowest BCUT2D eigenvalue weighted by Gasteiger charge is -2.11. The van der Waals surface area contributed by atoms with E-state index in [0.717, 1.165) is 55.7 Å². The average Bonchev–Trinajstić information content (AvgIpc) is 3.62. The molecule has 5 nitrogen and oxygen atoms in total. The summed E-state index contributed by atoms with van der Waals surface area (Å²) in [5.74, 6) is 0. The highest BCUT2D eigenvalue weighted by molar-refractivity contribution is 6.09. The summed E-state index contributed by atoms with van der Waals surface area (Å²) in [5, 5.41) is 4.72. The Morgan fingerprint density at radius 1 is 0.364 bits per heavy atom. The number of hydrogen-bond acceptors (Lipinski definition) is 3. The molecule has 0 saturated heterocycles. The average molecular weight is 564 g/mol. The van der Waals surface area contributed by atoms with Crippen LogP contribution in [0, 0.1) is 0 Å². The van der Waals surface area contributed by atoms with Crippen LogP contribution in [0.2, 0.25) is 0 Å². The van der Waals surface area contributed by atoms with E-state index in [1.165, 1.54) is 21.8 Å². The van der Waals surface area contributed by atoms with Gasteiger partial charge in [-0.25, -0.2) is 4.98 Å². The third kappa shape index (κ3) is 3.76. The summed E-state index contributed by atoms with van der Waals surface area (Å²) in [6, 6.07) is 44.7. The van der Waals surface area contributed by atoms with Gasteiger partial charge in [-0.05, 0) is 60.7 Å². The summed E-state index contributed by atoms with van der Waals surface area (Å²) >= 11 is 0. The van der Waals surface area contributed by atoms with Crippen molar-refractivity contribution in [1.82, 2.24) is 24.1 Å². The van der Waals surface area contributed by atoms with E-state index in [2.05, 4.69) is 146 Å². The van der Waals surface area contributed by atoms with E-state index in [4.69, 9.17) is 4.98 Å². The molecule has 9 rings (SSSR count). The first-order chi connectivity index (χ1) is 21.8. The summed E-state index contributed by atoms with van der Waals surface area (Å²) < 4.78 is 4.60. The molecule has 5 heteroatoms. The lowest BCUT2D eigenvalue weighted by molar-refractivity contribution is 1.17. The third-order valence-corrected chi connectivity index (χ3v) is 8.54. The van der Waals surface area contributed by atoms with Crippen molar-refractivity contribution in [1.29, 1.82) is 0 Å². The highest BCUT2D eigenvalue weighted by Gasteiger charge is 2.14. The topological polar surface area (TPSA) is 48.5 Å². The predicted molar refractivity (Wildman–Crippen MR) is 179 cm³/mol. The summed E-state index contributed by atoms with van der Waals surface area (Å²) in [6.07, 6.45) is 7.61. The summed E-state index contributed by atoms with van der Waals surface area (Å²) in [5.41, 5.74) is 10.9. The molecule has 44 heavy (non-hydrogen) atoms. The van der Waals surface area contributed by atoms with Gasteiger partial charge >= 0.3 is 0 Å². The Hall–Kier alpha value is -6.07. The quantitative estimate of drug-likeness (QED) is 0.214. The monoisotopic (exact) mass is 563 g/mol. The van der Waals surface area contributed by atoms with Crippen molar-refractivity contribution < 1.29 is 0 Å². The van der Waals surface area contributed by atoms with Crippen LogP contribution in [0.15, 0.2) is 152 Å². The molecular weight excluding hydrogens is 538 g/mol. The van der Waals surface area contributed by atoms with Crippen molar-refractivity contribution in [3.63, 3.8) is 0 Å². The van der Waals surface area contributed by atoms with E-state index in [9.17, 15) is 0 Å². The van der Waals surface area contributed by atoms with E-state index in [-0.39, 0.29) is 0 Å². The van der Waals surface area contributed by atoms with Crippen molar-refractivity contribution in [2.45, 2.75) is 0 Å². The number of para-hydroxylation sites is 2. The molecule has 0 fully saturated rings. The van der Waals surface area contributed by atoms with Crippen LogP contribution in [0.25, 0.3) is 77.5 Å². The molecule has 4 aromatic carbocycles. The molecule has 5 heterocycles. The van der Waals surface area contributed by atoms with Crippen LogP contribution in [0.5, 0.6) is 0 Å². The zero-order valence-corrected chi connectivity index (χ0v) is 23.7. The van der Waals surface area contributed by atoms with Gasteiger partial charge in [-0.1, -0.05) is 66.7 Å². The zero-order valence-electron chi connectivity index (χ0n) is 23.7. The maximum absolute atomic E-state index is 5.07. The summed E-state index contributed by atoms with van der Waals surface area (Å²) in [4.78, 5) is 13.8. The van der Waals surface area contributed by atoms with Gasteiger partial charge in [0.15, 0.2) is 0 Å². The van der Waals surface area contributed by atoms with E-state index in [1.807, 2.05) is 24.8 Å². The highest BCUT2D eigenvalue weighted by atomic mass is 15.0. The van der Waals surface area contributed by atoms with Crippen molar-refractivity contribution in [2.75, 3.05) is 0 Å². The molecule has 0 unspecified atom stereocenters.